The second-order valence-electron chi connectivity index (χ2n) is 6.28. The van der Waals surface area contributed by atoms with Crippen LogP contribution in [0.5, 0.6) is 5.75 Å². The zero-order valence-corrected chi connectivity index (χ0v) is 16.9. The fraction of sp³-hybridized carbons (Fsp3) is 0.0476. The van der Waals surface area contributed by atoms with Crippen molar-refractivity contribution in [2.24, 2.45) is 0 Å². The molecule has 3 aromatic carbocycles. The van der Waals surface area contributed by atoms with Crippen molar-refractivity contribution in [2.75, 3.05) is 17.1 Å². The summed E-state index contributed by atoms with van der Waals surface area (Å²) in [5.41, 5.74) is 0.170. The van der Waals surface area contributed by atoms with Gasteiger partial charge in [0.15, 0.2) is 5.75 Å². The largest absolute Gasteiger partial charge is 0.505 e. The first kappa shape index (κ1) is 21.8. The number of benzene rings is 3. The maximum Gasteiger partial charge on any atom is 0.341 e. The first-order chi connectivity index (χ1) is 14.7. The SMILES string of the molecule is COC(=O)c1cccc(NC(=O)c2ccc(S(=O)(=O)Nc3ccc(F)cc3)cc2)c1O. The molecule has 0 bridgehead atoms. The van der Waals surface area contributed by atoms with Gasteiger partial charge in [0.05, 0.1) is 17.7 Å². The molecule has 8 nitrogen and oxygen atoms in total. The van der Waals surface area contributed by atoms with Crippen molar-refractivity contribution >= 4 is 33.3 Å². The fourth-order valence-electron chi connectivity index (χ4n) is 2.63. The van der Waals surface area contributed by atoms with E-state index < -0.39 is 33.5 Å². The molecule has 3 rings (SSSR count). The lowest BCUT2D eigenvalue weighted by molar-refractivity contribution is 0.0597. The Bertz CT molecular complexity index is 1230. The van der Waals surface area contributed by atoms with Crippen LogP contribution in [0.2, 0.25) is 0 Å². The minimum Gasteiger partial charge on any atom is -0.505 e. The lowest BCUT2D eigenvalue weighted by Crippen LogP contribution is -2.15. The molecule has 3 aromatic rings. The van der Waals surface area contributed by atoms with Gasteiger partial charge in [-0.05, 0) is 60.7 Å². The number of phenols is 1. The Kier molecular flexibility index (Phi) is 6.21. The first-order valence-electron chi connectivity index (χ1n) is 8.81. The molecule has 0 aliphatic rings. The molecule has 0 atom stereocenters. The highest BCUT2D eigenvalue weighted by Crippen LogP contribution is 2.28. The molecule has 0 aliphatic carbocycles. The zero-order chi connectivity index (χ0) is 22.6. The predicted molar refractivity (Wildman–Crippen MR) is 111 cm³/mol. The average molecular weight is 444 g/mol. The van der Waals surface area contributed by atoms with Crippen LogP contribution in [0.1, 0.15) is 20.7 Å². The predicted octanol–water partition coefficient (Wildman–Crippen LogP) is 3.37. The maximum atomic E-state index is 13.0. The van der Waals surface area contributed by atoms with Gasteiger partial charge in [-0.15, -0.1) is 0 Å². The summed E-state index contributed by atoms with van der Waals surface area (Å²) in [7, 11) is -2.79. The van der Waals surface area contributed by atoms with Gasteiger partial charge in [-0.1, -0.05) is 6.07 Å². The van der Waals surface area contributed by atoms with Crippen molar-refractivity contribution in [1.29, 1.82) is 0 Å². The van der Waals surface area contributed by atoms with E-state index in [0.29, 0.717) is 0 Å². The Morgan fingerprint density at radius 1 is 0.968 bits per heavy atom. The van der Waals surface area contributed by atoms with Crippen molar-refractivity contribution in [3.05, 3.63) is 83.7 Å². The summed E-state index contributed by atoms with van der Waals surface area (Å²) >= 11 is 0. The number of sulfonamides is 1. The molecule has 0 heterocycles. The average Bonchev–Trinajstić information content (AvgIpc) is 2.76. The topological polar surface area (TPSA) is 122 Å². The number of methoxy groups -OCH3 is 1. The van der Waals surface area contributed by atoms with Gasteiger partial charge in [-0.3, -0.25) is 9.52 Å². The van der Waals surface area contributed by atoms with Crippen LogP contribution in [0.15, 0.2) is 71.6 Å². The fourth-order valence-corrected chi connectivity index (χ4v) is 3.69. The number of halogens is 1. The van der Waals surface area contributed by atoms with Crippen LogP contribution in [0.25, 0.3) is 0 Å². The molecule has 0 aromatic heterocycles. The van der Waals surface area contributed by atoms with Crippen LogP contribution >= 0.6 is 0 Å². The number of esters is 1. The second kappa shape index (κ2) is 8.84. The number of para-hydroxylation sites is 1. The molecular weight excluding hydrogens is 427 g/mol. The van der Waals surface area contributed by atoms with Crippen LogP contribution in [-0.4, -0.2) is 32.5 Å². The number of anilines is 2. The minimum atomic E-state index is -3.95. The Morgan fingerprint density at radius 2 is 1.61 bits per heavy atom. The van der Waals surface area contributed by atoms with Gasteiger partial charge >= 0.3 is 5.97 Å². The zero-order valence-electron chi connectivity index (χ0n) is 16.1. The summed E-state index contributed by atoms with van der Waals surface area (Å²) in [6.45, 7) is 0. The highest BCUT2D eigenvalue weighted by atomic mass is 32.2. The van der Waals surface area contributed by atoms with E-state index in [1.807, 2.05) is 0 Å². The van der Waals surface area contributed by atoms with E-state index in [0.717, 1.165) is 19.2 Å². The van der Waals surface area contributed by atoms with Crippen LogP contribution in [0.3, 0.4) is 0 Å². The lowest BCUT2D eigenvalue weighted by Gasteiger charge is -2.11. The molecule has 0 fully saturated rings. The third-order valence-corrected chi connectivity index (χ3v) is 5.61. The third kappa shape index (κ3) is 4.98. The standard InChI is InChI=1S/C21H17FN2O6S/c1-30-21(27)17-3-2-4-18(19(17)25)23-20(26)13-5-11-16(12-6-13)31(28,29)24-15-9-7-14(22)8-10-15/h2-12,24-25H,1H3,(H,23,26). The van der Waals surface area contributed by atoms with Gasteiger partial charge in [0.2, 0.25) is 0 Å². The molecule has 3 N–H and O–H groups in total. The minimum absolute atomic E-state index is 0.0115. The molecule has 1 amide bonds. The van der Waals surface area contributed by atoms with Gasteiger partial charge in [-0.25, -0.2) is 17.6 Å². The van der Waals surface area contributed by atoms with Crippen LogP contribution < -0.4 is 10.0 Å². The summed E-state index contributed by atoms with van der Waals surface area (Å²) in [5.74, 6) is -2.35. The molecule has 160 valence electrons. The van der Waals surface area contributed by atoms with E-state index in [1.165, 1.54) is 54.6 Å². The van der Waals surface area contributed by atoms with Crippen molar-refractivity contribution in [3.8, 4) is 5.75 Å². The van der Waals surface area contributed by atoms with Crippen LogP contribution in [0, 0.1) is 5.82 Å². The number of carbonyl (C=O) groups excluding carboxylic acids is 2. The van der Waals surface area contributed by atoms with E-state index in [2.05, 4.69) is 14.8 Å². The second-order valence-corrected chi connectivity index (χ2v) is 7.97. The number of carbonyl (C=O) groups is 2. The van der Waals surface area contributed by atoms with E-state index in [-0.39, 0.29) is 27.4 Å². The van der Waals surface area contributed by atoms with E-state index >= 15 is 0 Å². The molecule has 0 saturated carbocycles. The number of phenolic OH excluding ortho intramolecular Hbond substituents is 1. The molecule has 0 saturated heterocycles. The third-order valence-electron chi connectivity index (χ3n) is 4.21. The monoisotopic (exact) mass is 444 g/mol. The van der Waals surface area contributed by atoms with Gasteiger partial charge in [0, 0.05) is 11.3 Å². The first-order valence-corrected chi connectivity index (χ1v) is 10.3. The highest BCUT2D eigenvalue weighted by Gasteiger charge is 2.18. The van der Waals surface area contributed by atoms with Crippen LogP contribution in [0.4, 0.5) is 15.8 Å². The van der Waals surface area contributed by atoms with E-state index in [1.54, 1.807) is 0 Å². The number of hydrogen-bond donors (Lipinski definition) is 3. The van der Waals surface area contributed by atoms with Crippen molar-refractivity contribution < 1.29 is 32.2 Å². The number of ether oxygens (including phenoxy) is 1. The molecular formula is C21H17FN2O6S. The van der Waals surface area contributed by atoms with Crippen molar-refractivity contribution in [1.82, 2.24) is 0 Å². The van der Waals surface area contributed by atoms with Gasteiger partial charge in [0.25, 0.3) is 15.9 Å². The lowest BCUT2D eigenvalue weighted by atomic mass is 10.1. The summed E-state index contributed by atoms with van der Waals surface area (Å²) in [6, 6.07) is 14.0. The smallest absolute Gasteiger partial charge is 0.341 e. The summed E-state index contributed by atoms with van der Waals surface area (Å²) in [4.78, 5) is 24.0. The Balaban J connectivity index is 1.76. The molecule has 10 heteroatoms. The molecule has 0 unspecified atom stereocenters. The molecule has 31 heavy (non-hydrogen) atoms. The normalized spacial score (nSPS) is 10.9. The van der Waals surface area contributed by atoms with E-state index in [9.17, 15) is 27.5 Å². The summed E-state index contributed by atoms with van der Waals surface area (Å²) in [5, 5.41) is 12.6. The molecule has 0 aliphatic heterocycles. The quantitative estimate of drug-likeness (QED) is 0.396. The molecule has 0 radical (unpaired) electrons. The maximum absolute atomic E-state index is 13.0. The highest BCUT2D eigenvalue weighted by molar-refractivity contribution is 7.92. The Hall–Kier alpha value is -3.92. The summed E-state index contributed by atoms with van der Waals surface area (Å²) < 4.78 is 44.7. The van der Waals surface area contributed by atoms with Crippen molar-refractivity contribution in [2.45, 2.75) is 4.90 Å². The summed E-state index contributed by atoms with van der Waals surface area (Å²) in [6.07, 6.45) is 0. The van der Waals surface area contributed by atoms with Crippen molar-refractivity contribution in [3.63, 3.8) is 0 Å². The number of rotatable bonds is 6. The number of nitrogens with one attached hydrogen (secondary N) is 2. The number of amides is 1. The van der Waals surface area contributed by atoms with Gasteiger partial charge < -0.3 is 15.2 Å². The van der Waals surface area contributed by atoms with E-state index in [4.69, 9.17) is 0 Å². The Labute approximate surface area is 177 Å². The number of aromatic hydroxyl groups is 1. The van der Waals surface area contributed by atoms with Crippen LogP contribution in [-0.2, 0) is 14.8 Å². The van der Waals surface area contributed by atoms with Gasteiger partial charge in [-0.2, -0.15) is 0 Å². The Morgan fingerprint density at radius 3 is 2.23 bits per heavy atom. The molecule has 0 spiro atoms. The van der Waals surface area contributed by atoms with Gasteiger partial charge in [0.1, 0.15) is 11.4 Å². The number of hydrogen-bond acceptors (Lipinski definition) is 6.